The van der Waals surface area contributed by atoms with Crippen LogP contribution in [0.5, 0.6) is 0 Å². The molecule has 0 aromatic carbocycles. The third-order valence-corrected chi connectivity index (χ3v) is 6.68. The van der Waals surface area contributed by atoms with E-state index in [0.29, 0.717) is 11.0 Å². The number of rotatable bonds is 2. The predicted octanol–water partition coefficient (Wildman–Crippen LogP) is 2.26. The Morgan fingerprint density at radius 2 is 1.65 bits per heavy atom. The van der Waals surface area contributed by atoms with Crippen molar-refractivity contribution in [1.29, 1.82) is 0 Å². The molecule has 0 aromatic rings. The third kappa shape index (κ3) is 3.52. The zero-order valence-corrected chi connectivity index (χ0v) is 14.9. The molecule has 2 fully saturated rings. The van der Waals surface area contributed by atoms with Gasteiger partial charge in [-0.1, -0.05) is 13.8 Å². The van der Waals surface area contributed by atoms with E-state index in [1.54, 1.807) is 0 Å². The maximum absolute atomic E-state index is 6.24. The molecule has 0 radical (unpaired) electrons. The van der Waals surface area contributed by atoms with E-state index in [1.807, 2.05) is 0 Å². The second kappa shape index (κ2) is 5.79. The lowest BCUT2D eigenvalue weighted by atomic mass is 9.78. The topological polar surface area (TPSA) is 32.5 Å². The van der Waals surface area contributed by atoms with Crippen molar-refractivity contribution in [2.45, 2.75) is 52.1 Å². The van der Waals surface area contributed by atoms with Crippen molar-refractivity contribution >= 4 is 11.8 Å². The minimum Gasteiger partial charge on any atom is -0.329 e. The Bertz CT molecular complexity index is 329. The number of piperazine rings is 1. The predicted molar refractivity (Wildman–Crippen MR) is 90.4 cm³/mol. The fourth-order valence-electron chi connectivity index (χ4n) is 3.83. The van der Waals surface area contributed by atoms with Gasteiger partial charge < -0.3 is 5.73 Å². The maximum Gasteiger partial charge on any atom is 0.0428 e. The van der Waals surface area contributed by atoms with Gasteiger partial charge in [0.25, 0.3) is 0 Å². The van der Waals surface area contributed by atoms with Gasteiger partial charge in [0, 0.05) is 49.6 Å². The summed E-state index contributed by atoms with van der Waals surface area (Å²) in [6.45, 7) is 17.3. The number of hydrogen-bond donors (Lipinski definition) is 1. The van der Waals surface area contributed by atoms with Crippen LogP contribution >= 0.6 is 11.8 Å². The van der Waals surface area contributed by atoms with Gasteiger partial charge in [-0.25, -0.2) is 0 Å². The number of nitrogens with two attached hydrogens (primary N) is 1. The van der Waals surface area contributed by atoms with E-state index in [2.05, 4.69) is 56.2 Å². The summed E-state index contributed by atoms with van der Waals surface area (Å²) < 4.78 is 0. The summed E-state index contributed by atoms with van der Waals surface area (Å²) >= 11 is 2.10. The quantitative estimate of drug-likeness (QED) is 0.848. The highest BCUT2D eigenvalue weighted by atomic mass is 32.2. The third-order valence-electron chi connectivity index (χ3n) is 4.95. The molecule has 118 valence electrons. The fourth-order valence-corrected chi connectivity index (χ4v) is 5.36. The van der Waals surface area contributed by atoms with Crippen LogP contribution in [-0.4, -0.2) is 65.1 Å². The molecule has 0 aliphatic carbocycles. The van der Waals surface area contributed by atoms with Crippen LogP contribution < -0.4 is 5.73 Å². The first kappa shape index (κ1) is 16.6. The van der Waals surface area contributed by atoms with Gasteiger partial charge in [-0.05, 0) is 38.4 Å². The van der Waals surface area contributed by atoms with Crippen molar-refractivity contribution < 1.29 is 0 Å². The highest BCUT2D eigenvalue weighted by Gasteiger charge is 2.44. The Morgan fingerprint density at radius 1 is 1.05 bits per heavy atom. The van der Waals surface area contributed by atoms with Crippen LogP contribution in [0.4, 0.5) is 0 Å². The molecule has 0 bridgehead atoms. The molecule has 0 spiro atoms. The van der Waals surface area contributed by atoms with Crippen LogP contribution in [0.3, 0.4) is 0 Å². The molecule has 20 heavy (non-hydrogen) atoms. The molecule has 0 aromatic heterocycles. The molecule has 2 rings (SSSR count). The lowest BCUT2D eigenvalue weighted by molar-refractivity contribution is -0.00425. The van der Waals surface area contributed by atoms with Gasteiger partial charge in [-0.15, -0.1) is 0 Å². The van der Waals surface area contributed by atoms with Crippen LogP contribution in [-0.2, 0) is 0 Å². The number of thioether (sulfide) groups is 1. The molecule has 0 amide bonds. The Morgan fingerprint density at radius 3 is 2.10 bits per heavy atom. The second-order valence-electron chi connectivity index (χ2n) is 8.41. The van der Waals surface area contributed by atoms with E-state index < -0.39 is 0 Å². The first-order chi connectivity index (χ1) is 9.19. The first-order valence-electron chi connectivity index (χ1n) is 7.97. The Hall–Kier alpha value is 0.230. The molecule has 2 N–H and O–H groups in total. The Kier molecular flexibility index (Phi) is 4.80. The molecule has 3 nitrogen and oxygen atoms in total. The molecule has 1 atom stereocenters. The van der Waals surface area contributed by atoms with E-state index >= 15 is 0 Å². The monoisotopic (exact) mass is 299 g/mol. The highest BCUT2D eigenvalue weighted by Crippen LogP contribution is 2.42. The van der Waals surface area contributed by atoms with Crippen molar-refractivity contribution in [3.05, 3.63) is 0 Å². The van der Waals surface area contributed by atoms with Crippen LogP contribution in [0, 0.1) is 5.41 Å². The van der Waals surface area contributed by atoms with Crippen LogP contribution in [0.15, 0.2) is 0 Å². The molecule has 4 heteroatoms. The van der Waals surface area contributed by atoms with Crippen molar-refractivity contribution in [2.24, 2.45) is 11.1 Å². The number of hydrogen-bond acceptors (Lipinski definition) is 4. The summed E-state index contributed by atoms with van der Waals surface area (Å²) in [5.41, 5.74) is 7.19. The van der Waals surface area contributed by atoms with E-state index in [0.717, 1.165) is 6.54 Å². The average Bonchev–Trinajstić information content (AvgIpc) is 2.36. The van der Waals surface area contributed by atoms with E-state index in [9.17, 15) is 0 Å². The summed E-state index contributed by atoms with van der Waals surface area (Å²) in [6, 6.07) is 0. The van der Waals surface area contributed by atoms with Gasteiger partial charge in [-0.2, -0.15) is 11.8 Å². The zero-order chi connectivity index (χ0) is 15.0. The van der Waals surface area contributed by atoms with Crippen molar-refractivity contribution in [2.75, 3.05) is 44.2 Å². The summed E-state index contributed by atoms with van der Waals surface area (Å²) in [7, 11) is 0. The van der Waals surface area contributed by atoms with Gasteiger partial charge >= 0.3 is 0 Å². The Balaban J connectivity index is 2.03. The summed E-state index contributed by atoms with van der Waals surface area (Å²) in [5, 5.41) is 0. The van der Waals surface area contributed by atoms with Gasteiger partial charge in [0.05, 0.1) is 0 Å². The lowest BCUT2D eigenvalue weighted by Crippen LogP contribution is -2.65. The highest BCUT2D eigenvalue weighted by molar-refractivity contribution is 7.99. The molecular formula is C16H33N3S. The summed E-state index contributed by atoms with van der Waals surface area (Å²) in [5.74, 6) is 2.49. The van der Waals surface area contributed by atoms with Crippen molar-refractivity contribution in [1.82, 2.24) is 9.80 Å². The van der Waals surface area contributed by atoms with Gasteiger partial charge in [0.1, 0.15) is 0 Å². The van der Waals surface area contributed by atoms with E-state index in [-0.39, 0.29) is 5.54 Å². The molecule has 2 aliphatic rings. The SMILES string of the molecule is CC1(C)CSCC(CN)(N2CCN(C(C)(C)C)CC2)C1. The normalized spacial score (nSPS) is 33.3. The van der Waals surface area contributed by atoms with Crippen molar-refractivity contribution in [3.63, 3.8) is 0 Å². The van der Waals surface area contributed by atoms with E-state index in [4.69, 9.17) is 5.73 Å². The van der Waals surface area contributed by atoms with Gasteiger partial charge in [0.2, 0.25) is 0 Å². The zero-order valence-electron chi connectivity index (χ0n) is 14.0. The fraction of sp³-hybridized carbons (Fsp3) is 1.00. The van der Waals surface area contributed by atoms with Gasteiger partial charge in [-0.3, -0.25) is 9.80 Å². The molecule has 2 aliphatic heterocycles. The first-order valence-corrected chi connectivity index (χ1v) is 9.12. The maximum atomic E-state index is 6.24. The van der Waals surface area contributed by atoms with Crippen LogP contribution in [0.2, 0.25) is 0 Å². The number of nitrogens with zero attached hydrogens (tertiary/aromatic N) is 2. The molecule has 2 heterocycles. The van der Waals surface area contributed by atoms with Crippen LogP contribution in [0.25, 0.3) is 0 Å². The molecular weight excluding hydrogens is 266 g/mol. The minimum atomic E-state index is 0.233. The van der Waals surface area contributed by atoms with Crippen molar-refractivity contribution in [3.8, 4) is 0 Å². The second-order valence-corrected chi connectivity index (χ2v) is 9.39. The Labute approximate surface area is 129 Å². The molecule has 0 saturated carbocycles. The van der Waals surface area contributed by atoms with E-state index in [1.165, 1.54) is 44.1 Å². The average molecular weight is 300 g/mol. The minimum absolute atomic E-state index is 0.233. The largest absolute Gasteiger partial charge is 0.329 e. The summed E-state index contributed by atoms with van der Waals surface area (Å²) in [6.07, 6.45) is 1.25. The standard InChI is InChI=1S/C16H33N3S/c1-14(2,3)18-6-8-19(9-7-18)16(11-17)10-15(4,5)12-20-13-16/h6-13,17H2,1-5H3. The van der Waals surface area contributed by atoms with Crippen LogP contribution in [0.1, 0.15) is 41.0 Å². The lowest BCUT2D eigenvalue weighted by Gasteiger charge is -2.54. The van der Waals surface area contributed by atoms with Gasteiger partial charge in [0.15, 0.2) is 0 Å². The smallest absolute Gasteiger partial charge is 0.0428 e. The molecule has 1 unspecified atom stereocenters. The summed E-state index contributed by atoms with van der Waals surface area (Å²) in [4.78, 5) is 5.30. The molecule has 2 saturated heterocycles.